The number of rotatable bonds is 5. The van der Waals surface area contributed by atoms with Gasteiger partial charge in [0.2, 0.25) is 17.6 Å². The van der Waals surface area contributed by atoms with Gasteiger partial charge in [-0.1, -0.05) is 28.9 Å². The number of halogens is 1. The van der Waals surface area contributed by atoms with Gasteiger partial charge < -0.3 is 19.2 Å². The summed E-state index contributed by atoms with van der Waals surface area (Å²) in [5, 5.41) is 7.24. The quantitative estimate of drug-likeness (QED) is 0.706. The van der Waals surface area contributed by atoms with Crippen molar-refractivity contribution in [3.63, 3.8) is 0 Å². The maximum atomic E-state index is 12.6. The Labute approximate surface area is 165 Å². The summed E-state index contributed by atoms with van der Waals surface area (Å²) in [5.74, 6) is 0.332. The van der Waals surface area contributed by atoms with Gasteiger partial charge in [0.1, 0.15) is 6.04 Å². The topological polar surface area (TPSA) is 101 Å². The van der Waals surface area contributed by atoms with Crippen LogP contribution < -0.4 is 5.32 Å². The van der Waals surface area contributed by atoms with Crippen molar-refractivity contribution in [2.45, 2.75) is 25.4 Å². The minimum absolute atomic E-state index is 0.0751. The number of likely N-dealkylation sites (tertiary alicyclic amines) is 1. The number of hydrogen-bond acceptors (Lipinski definition) is 6. The third kappa shape index (κ3) is 3.77. The predicted octanol–water partition coefficient (Wildman–Crippen LogP) is 2.90. The Hall–Kier alpha value is -3.13. The number of hydrogen-bond donors (Lipinski definition) is 1. The molecule has 4 rings (SSSR count). The number of nitrogens with one attached hydrogen (secondary N) is 1. The van der Waals surface area contributed by atoms with E-state index in [0.717, 1.165) is 12.0 Å². The highest BCUT2D eigenvalue weighted by Gasteiger charge is 2.35. The first-order valence-corrected chi connectivity index (χ1v) is 9.20. The molecule has 2 aromatic heterocycles. The maximum Gasteiger partial charge on any atom is 0.290 e. The van der Waals surface area contributed by atoms with Crippen LogP contribution in [0.15, 0.2) is 51.6 Å². The molecule has 3 aromatic rings. The zero-order chi connectivity index (χ0) is 19.5. The largest absolute Gasteiger partial charge is 0.459 e. The number of amides is 2. The molecule has 1 aliphatic heterocycles. The van der Waals surface area contributed by atoms with Gasteiger partial charge in [-0.15, -0.1) is 0 Å². The summed E-state index contributed by atoms with van der Waals surface area (Å²) in [6.45, 7) is 0.586. The van der Waals surface area contributed by atoms with Crippen LogP contribution >= 0.6 is 11.6 Å². The molecule has 28 heavy (non-hydrogen) atoms. The van der Waals surface area contributed by atoms with Crippen molar-refractivity contribution in [2.24, 2.45) is 0 Å². The number of benzene rings is 1. The Kier molecular flexibility index (Phi) is 5.12. The second-order valence-corrected chi connectivity index (χ2v) is 6.81. The van der Waals surface area contributed by atoms with Crippen LogP contribution in [0.4, 0.5) is 0 Å². The van der Waals surface area contributed by atoms with E-state index in [-0.39, 0.29) is 30.0 Å². The lowest BCUT2D eigenvalue weighted by atomic mass is 10.2. The summed E-state index contributed by atoms with van der Waals surface area (Å²) < 4.78 is 10.3. The fourth-order valence-electron chi connectivity index (χ4n) is 3.18. The molecule has 1 atom stereocenters. The first kappa shape index (κ1) is 18.2. The number of nitrogens with zero attached hydrogens (tertiary/aromatic N) is 3. The molecule has 9 heteroatoms. The van der Waals surface area contributed by atoms with Gasteiger partial charge in [-0.2, -0.15) is 4.98 Å². The Morgan fingerprint density at radius 2 is 2.18 bits per heavy atom. The van der Waals surface area contributed by atoms with E-state index in [1.54, 1.807) is 30.3 Å². The van der Waals surface area contributed by atoms with Crippen LogP contribution in [0.25, 0.3) is 11.4 Å². The average Bonchev–Trinajstić information content (AvgIpc) is 3.47. The van der Waals surface area contributed by atoms with E-state index in [2.05, 4.69) is 15.5 Å². The summed E-state index contributed by atoms with van der Waals surface area (Å²) in [6.07, 6.45) is 2.78. The molecule has 0 spiro atoms. The van der Waals surface area contributed by atoms with Crippen molar-refractivity contribution in [1.29, 1.82) is 0 Å². The summed E-state index contributed by atoms with van der Waals surface area (Å²) in [4.78, 5) is 30.9. The molecular formula is C19H17ClN4O4. The monoisotopic (exact) mass is 400 g/mol. The lowest BCUT2D eigenvalue weighted by Gasteiger charge is -2.22. The third-order valence-electron chi connectivity index (χ3n) is 4.51. The highest BCUT2D eigenvalue weighted by atomic mass is 35.5. The molecule has 3 heterocycles. The van der Waals surface area contributed by atoms with E-state index in [0.29, 0.717) is 23.8 Å². The van der Waals surface area contributed by atoms with E-state index < -0.39 is 6.04 Å². The zero-order valence-electron chi connectivity index (χ0n) is 14.8. The van der Waals surface area contributed by atoms with Crippen LogP contribution in [-0.4, -0.2) is 39.4 Å². The van der Waals surface area contributed by atoms with E-state index >= 15 is 0 Å². The lowest BCUT2D eigenvalue weighted by Crippen LogP contribution is -2.45. The molecule has 1 saturated heterocycles. The zero-order valence-corrected chi connectivity index (χ0v) is 15.6. The van der Waals surface area contributed by atoms with E-state index in [9.17, 15) is 9.59 Å². The molecular weight excluding hydrogens is 384 g/mol. The third-order valence-corrected chi connectivity index (χ3v) is 4.75. The molecule has 0 bridgehead atoms. The van der Waals surface area contributed by atoms with Crippen LogP contribution in [0, 0.1) is 0 Å². The van der Waals surface area contributed by atoms with Crippen molar-refractivity contribution in [3.05, 3.63) is 59.3 Å². The lowest BCUT2D eigenvalue weighted by molar-refractivity contribution is -0.125. The molecule has 1 N–H and O–H groups in total. The van der Waals surface area contributed by atoms with Crippen LogP contribution in [-0.2, 0) is 11.3 Å². The van der Waals surface area contributed by atoms with Crippen LogP contribution in [0.2, 0.25) is 5.02 Å². The smallest absolute Gasteiger partial charge is 0.290 e. The number of carbonyl (C=O) groups excluding carboxylic acids is 2. The van der Waals surface area contributed by atoms with Crippen molar-refractivity contribution in [1.82, 2.24) is 20.4 Å². The second kappa shape index (κ2) is 7.85. The van der Waals surface area contributed by atoms with Gasteiger partial charge in [0, 0.05) is 17.1 Å². The van der Waals surface area contributed by atoms with Gasteiger partial charge in [0.25, 0.3) is 5.91 Å². The minimum atomic E-state index is -0.548. The van der Waals surface area contributed by atoms with Gasteiger partial charge in [-0.05, 0) is 37.1 Å². The molecule has 1 aliphatic rings. The predicted molar refractivity (Wildman–Crippen MR) is 99.4 cm³/mol. The minimum Gasteiger partial charge on any atom is -0.459 e. The number of carbonyl (C=O) groups is 2. The van der Waals surface area contributed by atoms with Crippen LogP contribution in [0.3, 0.4) is 0 Å². The van der Waals surface area contributed by atoms with Crippen molar-refractivity contribution in [3.8, 4) is 11.4 Å². The summed E-state index contributed by atoms with van der Waals surface area (Å²) in [5.41, 5.74) is 0.722. The standard InChI is InChI=1S/C19H17ClN4O4/c20-13-5-1-4-12(10-13)17-22-16(28-23-17)11-21-18(25)14-6-2-8-24(14)19(26)15-7-3-9-27-15/h1,3-5,7,9-10,14H,2,6,8,11H2,(H,21,25). The van der Waals surface area contributed by atoms with E-state index in [1.165, 1.54) is 11.2 Å². The molecule has 1 aromatic carbocycles. The first-order valence-electron chi connectivity index (χ1n) is 8.82. The second-order valence-electron chi connectivity index (χ2n) is 6.37. The Morgan fingerprint density at radius 1 is 1.29 bits per heavy atom. The highest BCUT2D eigenvalue weighted by molar-refractivity contribution is 6.30. The Morgan fingerprint density at radius 3 is 2.96 bits per heavy atom. The molecule has 0 saturated carbocycles. The Bertz CT molecular complexity index is 986. The van der Waals surface area contributed by atoms with E-state index in [4.69, 9.17) is 20.5 Å². The van der Waals surface area contributed by atoms with Gasteiger partial charge in [-0.25, -0.2) is 0 Å². The summed E-state index contributed by atoms with van der Waals surface area (Å²) in [7, 11) is 0. The highest BCUT2D eigenvalue weighted by Crippen LogP contribution is 2.22. The van der Waals surface area contributed by atoms with E-state index in [1.807, 2.05) is 6.07 Å². The number of furan rings is 1. The Balaban J connectivity index is 1.38. The summed E-state index contributed by atoms with van der Waals surface area (Å²) in [6, 6.07) is 9.77. The molecule has 0 radical (unpaired) electrons. The van der Waals surface area contributed by atoms with Gasteiger partial charge in [0.05, 0.1) is 12.8 Å². The van der Waals surface area contributed by atoms with Crippen LogP contribution in [0.5, 0.6) is 0 Å². The fraction of sp³-hybridized carbons (Fsp3) is 0.263. The molecule has 2 amide bonds. The van der Waals surface area contributed by atoms with Crippen molar-refractivity contribution >= 4 is 23.4 Å². The normalized spacial score (nSPS) is 16.3. The summed E-state index contributed by atoms with van der Waals surface area (Å²) >= 11 is 5.97. The van der Waals surface area contributed by atoms with Gasteiger partial charge >= 0.3 is 0 Å². The average molecular weight is 401 g/mol. The molecule has 144 valence electrons. The van der Waals surface area contributed by atoms with Gasteiger partial charge in [-0.3, -0.25) is 9.59 Å². The van der Waals surface area contributed by atoms with Crippen molar-refractivity contribution < 1.29 is 18.5 Å². The first-order chi connectivity index (χ1) is 13.6. The molecule has 8 nitrogen and oxygen atoms in total. The SMILES string of the molecule is O=C(NCc1nc(-c2cccc(Cl)c2)no1)C1CCCN1C(=O)c1ccco1. The van der Waals surface area contributed by atoms with Crippen molar-refractivity contribution in [2.75, 3.05) is 6.54 Å². The fourth-order valence-corrected chi connectivity index (χ4v) is 3.37. The van der Waals surface area contributed by atoms with Crippen LogP contribution in [0.1, 0.15) is 29.3 Å². The van der Waals surface area contributed by atoms with Gasteiger partial charge in [0.15, 0.2) is 5.76 Å². The molecule has 0 aliphatic carbocycles. The molecule has 1 unspecified atom stereocenters. The maximum absolute atomic E-state index is 12.6. The molecule has 1 fully saturated rings. The number of aromatic nitrogens is 2.